The van der Waals surface area contributed by atoms with Gasteiger partial charge in [-0.15, -0.1) is 0 Å². The van der Waals surface area contributed by atoms with Crippen LogP contribution in [0.4, 0.5) is 0 Å². The largest absolute Gasteiger partial charge is 0.479 e. The summed E-state index contributed by atoms with van der Waals surface area (Å²) < 4.78 is 27.7. The highest BCUT2D eigenvalue weighted by Gasteiger charge is 2.30. The minimum Gasteiger partial charge on any atom is -0.479 e. The van der Waals surface area contributed by atoms with Gasteiger partial charge in [0, 0.05) is 18.8 Å². The van der Waals surface area contributed by atoms with Crippen molar-refractivity contribution in [1.82, 2.24) is 5.32 Å². The first-order chi connectivity index (χ1) is 9.67. The van der Waals surface area contributed by atoms with Crippen LogP contribution in [0.15, 0.2) is 24.3 Å². The summed E-state index contributed by atoms with van der Waals surface area (Å²) in [4.78, 5) is 0. The first-order valence-electron chi connectivity index (χ1n) is 6.70. The number of rotatable bonds is 7. The van der Waals surface area contributed by atoms with Crippen molar-refractivity contribution < 1.29 is 13.2 Å². The van der Waals surface area contributed by atoms with Crippen molar-refractivity contribution in [3.8, 4) is 11.8 Å². The predicted octanol–water partition coefficient (Wildman–Crippen LogP) is 2.06. The van der Waals surface area contributed by atoms with Gasteiger partial charge in [0.15, 0.2) is 16.4 Å². The molecular weight excluding hydrogens is 288 g/mol. The molecule has 0 saturated heterocycles. The van der Waals surface area contributed by atoms with Gasteiger partial charge in [0.1, 0.15) is 11.8 Å². The van der Waals surface area contributed by atoms with E-state index in [9.17, 15) is 8.42 Å². The Morgan fingerprint density at radius 2 is 1.90 bits per heavy atom. The van der Waals surface area contributed by atoms with E-state index in [1.165, 1.54) is 6.26 Å². The van der Waals surface area contributed by atoms with Crippen LogP contribution in [0.2, 0.25) is 0 Å². The van der Waals surface area contributed by atoms with E-state index in [1.807, 2.05) is 25.1 Å². The number of nitrogens with one attached hydrogen (secondary N) is 1. The topological polar surface area (TPSA) is 79.2 Å². The maximum absolute atomic E-state index is 11.7. The fraction of sp³-hybridized carbons (Fsp3) is 0.533. The van der Waals surface area contributed by atoms with Crippen molar-refractivity contribution in [2.75, 3.05) is 19.4 Å². The number of hydrogen-bond acceptors (Lipinski definition) is 5. The van der Waals surface area contributed by atoms with Gasteiger partial charge in [-0.3, -0.25) is 0 Å². The molecule has 0 fully saturated rings. The Morgan fingerprint density at radius 1 is 1.33 bits per heavy atom. The van der Waals surface area contributed by atoms with Crippen molar-refractivity contribution in [1.29, 1.82) is 5.26 Å². The summed E-state index contributed by atoms with van der Waals surface area (Å²) in [7, 11) is -3.11. The van der Waals surface area contributed by atoms with Gasteiger partial charge in [0.25, 0.3) is 0 Å². The molecule has 5 nitrogen and oxygen atoms in total. The van der Waals surface area contributed by atoms with Gasteiger partial charge in [0.05, 0.1) is 4.75 Å². The van der Waals surface area contributed by atoms with Crippen molar-refractivity contribution >= 4 is 9.84 Å². The molecule has 1 atom stereocenters. The number of nitrogens with zero attached hydrogens (tertiary/aromatic N) is 1. The van der Waals surface area contributed by atoms with Crippen molar-refractivity contribution in [3.05, 3.63) is 29.8 Å². The predicted molar refractivity (Wildman–Crippen MR) is 82.9 cm³/mol. The van der Waals surface area contributed by atoms with E-state index in [0.717, 1.165) is 5.56 Å². The number of sulfone groups is 1. The summed E-state index contributed by atoms with van der Waals surface area (Å²) in [6.45, 7) is 5.79. The van der Waals surface area contributed by atoms with Crippen LogP contribution in [-0.4, -0.2) is 32.6 Å². The van der Waals surface area contributed by atoms with Crippen molar-refractivity contribution in [3.63, 3.8) is 0 Å². The molecule has 0 saturated carbocycles. The molecule has 0 aliphatic carbocycles. The standard InChI is InChI=1S/C15H22N2O3S/c1-12(17-11-15(2,3)21(4,18)19)13-5-7-14(8-6-13)20-10-9-16/h5-8,12,17H,10-11H2,1-4H3. The third kappa shape index (κ3) is 5.03. The van der Waals surface area contributed by atoms with Gasteiger partial charge in [-0.2, -0.15) is 5.26 Å². The fourth-order valence-corrected chi connectivity index (χ4v) is 1.96. The van der Waals surface area contributed by atoms with Crippen LogP contribution in [0.3, 0.4) is 0 Å². The minimum absolute atomic E-state index is 0.0235. The molecule has 1 N–H and O–H groups in total. The van der Waals surface area contributed by atoms with Crippen LogP contribution in [0.25, 0.3) is 0 Å². The average molecular weight is 310 g/mol. The second-order valence-corrected chi connectivity index (χ2v) is 8.30. The molecule has 116 valence electrons. The molecule has 0 radical (unpaired) electrons. The second-order valence-electron chi connectivity index (χ2n) is 5.65. The quantitative estimate of drug-likeness (QED) is 0.834. The lowest BCUT2D eigenvalue weighted by Gasteiger charge is -2.25. The van der Waals surface area contributed by atoms with E-state index in [0.29, 0.717) is 12.3 Å². The van der Waals surface area contributed by atoms with E-state index in [-0.39, 0.29) is 12.6 Å². The normalized spacial score (nSPS) is 13.5. The van der Waals surface area contributed by atoms with E-state index < -0.39 is 14.6 Å². The van der Waals surface area contributed by atoms with Crippen molar-refractivity contribution in [2.45, 2.75) is 31.6 Å². The SMILES string of the molecule is CC(NCC(C)(C)S(C)(=O)=O)c1ccc(OCC#N)cc1. The van der Waals surface area contributed by atoms with Gasteiger partial charge >= 0.3 is 0 Å². The lowest BCUT2D eigenvalue weighted by atomic mass is 10.1. The van der Waals surface area contributed by atoms with Gasteiger partial charge in [-0.1, -0.05) is 12.1 Å². The highest BCUT2D eigenvalue weighted by molar-refractivity contribution is 7.92. The first-order valence-corrected chi connectivity index (χ1v) is 8.59. The molecular formula is C15H22N2O3S. The van der Waals surface area contributed by atoms with Gasteiger partial charge < -0.3 is 10.1 Å². The highest BCUT2D eigenvalue weighted by atomic mass is 32.2. The number of hydrogen-bond donors (Lipinski definition) is 1. The zero-order valence-electron chi connectivity index (χ0n) is 12.9. The van der Waals surface area contributed by atoms with Crippen LogP contribution in [0, 0.1) is 11.3 Å². The van der Waals surface area contributed by atoms with Gasteiger partial charge in [-0.25, -0.2) is 8.42 Å². The Kier molecular flexibility index (Phi) is 5.76. The molecule has 0 bridgehead atoms. The fourth-order valence-electron chi connectivity index (χ4n) is 1.62. The monoisotopic (exact) mass is 310 g/mol. The summed E-state index contributed by atoms with van der Waals surface area (Å²) >= 11 is 0. The minimum atomic E-state index is -3.11. The van der Waals surface area contributed by atoms with Crippen LogP contribution in [0.5, 0.6) is 5.75 Å². The van der Waals surface area contributed by atoms with Crippen LogP contribution >= 0.6 is 0 Å². The Hall–Kier alpha value is -1.58. The van der Waals surface area contributed by atoms with Gasteiger partial charge in [0.2, 0.25) is 0 Å². The Balaban J connectivity index is 2.64. The molecule has 1 aromatic carbocycles. The average Bonchev–Trinajstić information content (AvgIpc) is 2.42. The number of ether oxygens (including phenoxy) is 1. The summed E-state index contributed by atoms with van der Waals surface area (Å²) in [6.07, 6.45) is 1.25. The molecule has 0 aliphatic rings. The van der Waals surface area contributed by atoms with Crippen LogP contribution in [-0.2, 0) is 9.84 Å². The molecule has 0 aliphatic heterocycles. The summed E-state index contributed by atoms with van der Waals surface area (Å²) in [5.41, 5.74) is 1.03. The Morgan fingerprint density at radius 3 is 2.38 bits per heavy atom. The van der Waals surface area contributed by atoms with E-state index in [4.69, 9.17) is 10.00 Å². The molecule has 0 spiro atoms. The van der Waals surface area contributed by atoms with E-state index in [1.54, 1.807) is 26.0 Å². The summed E-state index contributed by atoms with van der Waals surface area (Å²) in [6, 6.07) is 9.33. The Labute approximate surface area is 126 Å². The Bertz CT molecular complexity index is 601. The molecule has 6 heteroatoms. The summed E-state index contributed by atoms with van der Waals surface area (Å²) in [5.74, 6) is 0.643. The number of nitriles is 1. The first kappa shape index (κ1) is 17.5. The third-order valence-corrected chi connectivity index (χ3v) is 5.67. The third-order valence-electron chi connectivity index (χ3n) is 3.52. The molecule has 0 aromatic heterocycles. The lowest BCUT2D eigenvalue weighted by molar-refractivity contribution is 0.368. The highest BCUT2D eigenvalue weighted by Crippen LogP contribution is 2.20. The van der Waals surface area contributed by atoms with E-state index in [2.05, 4.69) is 5.32 Å². The van der Waals surface area contributed by atoms with Crippen molar-refractivity contribution in [2.24, 2.45) is 0 Å². The van der Waals surface area contributed by atoms with E-state index >= 15 is 0 Å². The zero-order valence-corrected chi connectivity index (χ0v) is 13.7. The lowest BCUT2D eigenvalue weighted by Crippen LogP contribution is -2.42. The maximum Gasteiger partial charge on any atom is 0.174 e. The van der Waals surface area contributed by atoms with Gasteiger partial charge in [-0.05, 0) is 38.5 Å². The molecule has 1 unspecified atom stereocenters. The maximum atomic E-state index is 11.7. The zero-order chi connectivity index (χ0) is 16.1. The second kappa shape index (κ2) is 6.92. The molecule has 0 amide bonds. The molecule has 1 aromatic rings. The molecule has 0 heterocycles. The van der Waals surface area contributed by atoms with Crippen LogP contribution < -0.4 is 10.1 Å². The number of benzene rings is 1. The van der Waals surface area contributed by atoms with Crippen LogP contribution in [0.1, 0.15) is 32.4 Å². The summed E-state index contributed by atoms with van der Waals surface area (Å²) in [5, 5.41) is 11.7. The molecule has 21 heavy (non-hydrogen) atoms. The smallest absolute Gasteiger partial charge is 0.174 e. The molecule has 1 rings (SSSR count).